The van der Waals surface area contributed by atoms with Crippen LogP contribution in [0, 0.1) is 20.8 Å². The molecule has 0 aliphatic carbocycles. The number of halogens is 3. The quantitative estimate of drug-likeness (QED) is 0.707. The summed E-state index contributed by atoms with van der Waals surface area (Å²) in [6, 6.07) is 3.81. The van der Waals surface area contributed by atoms with E-state index >= 15 is 0 Å². The van der Waals surface area contributed by atoms with Crippen LogP contribution in [0.25, 0.3) is 10.2 Å². The Morgan fingerprint density at radius 1 is 1.24 bits per heavy atom. The van der Waals surface area contributed by atoms with Gasteiger partial charge in [-0.25, -0.2) is 4.98 Å². The molecule has 0 spiro atoms. The van der Waals surface area contributed by atoms with E-state index in [1.165, 1.54) is 18.2 Å². The van der Waals surface area contributed by atoms with E-state index < -0.39 is 6.36 Å². The fourth-order valence-corrected chi connectivity index (χ4v) is 3.33. The molecule has 2 heterocycles. The van der Waals surface area contributed by atoms with Crippen LogP contribution < -0.4 is 10.1 Å². The van der Waals surface area contributed by atoms with Gasteiger partial charge in [-0.3, -0.25) is 10.1 Å². The van der Waals surface area contributed by atoms with Crippen LogP contribution in [0.5, 0.6) is 5.75 Å². The summed E-state index contributed by atoms with van der Waals surface area (Å²) in [6.45, 7) is 5.23. The number of nitrogens with one attached hydrogen (secondary N) is 1. The molecule has 5 nitrogen and oxygen atoms in total. The predicted octanol–water partition coefficient (Wildman–Crippen LogP) is 4.97. The van der Waals surface area contributed by atoms with Crippen LogP contribution in [0.1, 0.15) is 27.4 Å². The highest BCUT2D eigenvalue weighted by molar-refractivity contribution is 7.22. The first kappa shape index (κ1) is 17.3. The fourth-order valence-electron chi connectivity index (χ4n) is 2.44. The molecule has 25 heavy (non-hydrogen) atoms. The van der Waals surface area contributed by atoms with Gasteiger partial charge in [-0.15, -0.1) is 13.2 Å². The number of ether oxygens (including phenoxy) is 1. The van der Waals surface area contributed by atoms with Crippen molar-refractivity contribution in [3.8, 4) is 5.75 Å². The summed E-state index contributed by atoms with van der Waals surface area (Å²) in [5.41, 5.74) is 1.63. The summed E-state index contributed by atoms with van der Waals surface area (Å²) in [7, 11) is 0. The van der Waals surface area contributed by atoms with Crippen LogP contribution in [0.15, 0.2) is 22.6 Å². The Labute approximate surface area is 144 Å². The van der Waals surface area contributed by atoms with Crippen molar-refractivity contribution < 1.29 is 27.1 Å². The van der Waals surface area contributed by atoms with E-state index in [1.54, 1.807) is 20.8 Å². The van der Waals surface area contributed by atoms with Crippen molar-refractivity contribution in [1.29, 1.82) is 0 Å². The molecule has 0 atom stereocenters. The Bertz CT molecular complexity index is 960. The zero-order valence-electron chi connectivity index (χ0n) is 13.4. The van der Waals surface area contributed by atoms with Gasteiger partial charge in [0.05, 0.1) is 15.8 Å². The van der Waals surface area contributed by atoms with Crippen LogP contribution in [0.4, 0.5) is 18.3 Å². The van der Waals surface area contributed by atoms with E-state index in [0.717, 1.165) is 16.9 Å². The molecule has 3 aromatic rings. The summed E-state index contributed by atoms with van der Waals surface area (Å²) in [4.78, 5) is 16.6. The van der Waals surface area contributed by atoms with Crippen molar-refractivity contribution in [3.05, 3.63) is 40.8 Å². The number of hydrogen-bond donors (Lipinski definition) is 1. The number of furan rings is 1. The number of rotatable bonds is 3. The smallest absolute Gasteiger partial charge is 0.466 e. The van der Waals surface area contributed by atoms with E-state index in [-0.39, 0.29) is 16.8 Å². The number of anilines is 1. The lowest BCUT2D eigenvalue weighted by Crippen LogP contribution is -2.16. The van der Waals surface area contributed by atoms with Gasteiger partial charge in [0.25, 0.3) is 5.91 Å². The number of nitrogens with zero attached hydrogens (tertiary/aromatic N) is 1. The van der Waals surface area contributed by atoms with Crippen molar-refractivity contribution in [2.45, 2.75) is 27.1 Å². The van der Waals surface area contributed by atoms with Gasteiger partial charge in [-0.1, -0.05) is 11.3 Å². The average molecular weight is 370 g/mol. The first-order chi connectivity index (χ1) is 11.6. The number of carbonyl (C=O) groups is 1. The first-order valence-electron chi connectivity index (χ1n) is 7.18. The van der Waals surface area contributed by atoms with Gasteiger partial charge in [0.15, 0.2) is 5.13 Å². The maximum Gasteiger partial charge on any atom is 0.573 e. The molecule has 0 aliphatic heterocycles. The second kappa shape index (κ2) is 6.07. The number of benzene rings is 1. The molecule has 0 saturated heterocycles. The van der Waals surface area contributed by atoms with Gasteiger partial charge < -0.3 is 9.15 Å². The van der Waals surface area contributed by atoms with Gasteiger partial charge in [-0.2, -0.15) is 0 Å². The summed E-state index contributed by atoms with van der Waals surface area (Å²) >= 11 is 1.06. The van der Waals surface area contributed by atoms with Crippen LogP contribution in [-0.4, -0.2) is 17.3 Å². The van der Waals surface area contributed by atoms with E-state index in [2.05, 4.69) is 15.0 Å². The van der Waals surface area contributed by atoms with Crippen molar-refractivity contribution in [2.24, 2.45) is 0 Å². The molecule has 9 heteroatoms. The van der Waals surface area contributed by atoms with Crippen LogP contribution >= 0.6 is 11.3 Å². The summed E-state index contributed by atoms with van der Waals surface area (Å²) in [5, 5.41) is 2.94. The Hall–Kier alpha value is -2.55. The minimum absolute atomic E-state index is 0.279. The van der Waals surface area contributed by atoms with Gasteiger partial charge in [0.2, 0.25) is 0 Å². The van der Waals surface area contributed by atoms with Gasteiger partial charge in [0.1, 0.15) is 17.3 Å². The molecule has 132 valence electrons. The lowest BCUT2D eigenvalue weighted by atomic mass is 10.1. The van der Waals surface area contributed by atoms with Crippen molar-refractivity contribution in [3.63, 3.8) is 0 Å². The Morgan fingerprint density at radius 2 is 1.96 bits per heavy atom. The number of thiazole rings is 1. The minimum Gasteiger partial charge on any atom is -0.466 e. The van der Waals surface area contributed by atoms with Crippen LogP contribution in [0.3, 0.4) is 0 Å². The highest BCUT2D eigenvalue weighted by Gasteiger charge is 2.31. The topological polar surface area (TPSA) is 64.4 Å². The number of hydrogen-bond acceptors (Lipinski definition) is 5. The van der Waals surface area contributed by atoms with Crippen molar-refractivity contribution in [2.75, 3.05) is 5.32 Å². The molecule has 1 N–H and O–H groups in total. The zero-order valence-corrected chi connectivity index (χ0v) is 14.3. The molecular weight excluding hydrogens is 357 g/mol. The normalized spacial score (nSPS) is 11.8. The SMILES string of the molecule is Cc1oc(C)c(C(=O)Nc2nc3ccc(OC(F)(F)F)cc3s2)c1C. The maximum absolute atomic E-state index is 12.4. The predicted molar refractivity (Wildman–Crippen MR) is 87.2 cm³/mol. The van der Waals surface area contributed by atoms with Crippen molar-refractivity contribution in [1.82, 2.24) is 4.98 Å². The third kappa shape index (κ3) is 3.60. The first-order valence-corrected chi connectivity index (χ1v) is 8.00. The number of fused-ring (bicyclic) bond motifs is 1. The summed E-state index contributed by atoms with van der Waals surface area (Å²) in [5.74, 6) is 0.437. The number of carbonyl (C=O) groups excluding carboxylic acids is 1. The standard InChI is InChI=1S/C16H13F3N2O3S/c1-7-8(2)23-9(3)13(7)14(22)21-15-20-11-5-4-10(6-12(11)25-15)24-16(17,18)19/h4-6H,1-3H3,(H,20,21,22). The average Bonchev–Trinajstić information content (AvgIpc) is 2.97. The van der Waals surface area contributed by atoms with Gasteiger partial charge in [0, 0.05) is 11.6 Å². The molecule has 0 saturated carbocycles. The molecule has 2 aromatic heterocycles. The second-order valence-corrected chi connectivity index (χ2v) is 6.40. The third-order valence-electron chi connectivity index (χ3n) is 3.60. The molecule has 3 rings (SSSR count). The number of alkyl halides is 3. The molecule has 0 radical (unpaired) electrons. The Balaban J connectivity index is 1.85. The molecule has 1 aromatic carbocycles. The molecule has 0 fully saturated rings. The van der Waals surface area contributed by atoms with E-state index in [4.69, 9.17) is 4.42 Å². The summed E-state index contributed by atoms with van der Waals surface area (Å²) in [6.07, 6.45) is -4.76. The number of aryl methyl sites for hydroxylation is 2. The highest BCUT2D eigenvalue weighted by Crippen LogP contribution is 2.32. The molecule has 0 aliphatic rings. The number of amides is 1. The van der Waals surface area contributed by atoms with Crippen LogP contribution in [0.2, 0.25) is 0 Å². The lowest BCUT2D eigenvalue weighted by Gasteiger charge is -2.07. The second-order valence-electron chi connectivity index (χ2n) is 5.36. The van der Waals surface area contributed by atoms with E-state index in [0.29, 0.717) is 27.3 Å². The Kier molecular flexibility index (Phi) is 4.19. The molecular formula is C16H13F3N2O3S. The van der Waals surface area contributed by atoms with Crippen molar-refractivity contribution >= 4 is 32.6 Å². The van der Waals surface area contributed by atoms with Crippen LogP contribution in [-0.2, 0) is 0 Å². The molecule has 0 bridgehead atoms. The minimum atomic E-state index is -4.76. The number of aromatic nitrogens is 1. The van der Waals surface area contributed by atoms with Gasteiger partial charge >= 0.3 is 6.36 Å². The molecule has 0 unspecified atom stereocenters. The largest absolute Gasteiger partial charge is 0.573 e. The fraction of sp³-hybridized carbons (Fsp3) is 0.250. The zero-order chi connectivity index (χ0) is 18.4. The highest BCUT2D eigenvalue weighted by atomic mass is 32.1. The van der Waals surface area contributed by atoms with E-state index in [9.17, 15) is 18.0 Å². The monoisotopic (exact) mass is 370 g/mol. The van der Waals surface area contributed by atoms with E-state index in [1.807, 2.05) is 0 Å². The maximum atomic E-state index is 12.4. The summed E-state index contributed by atoms with van der Waals surface area (Å²) < 4.78 is 46.6. The van der Waals surface area contributed by atoms with Gasteiger partial charge in [-0.05, 0) is 32.9 Å². The lowest BCUT2D eigenvalue weighted by molar-refractivity contribution is -0.274. The third-order valence-corrected chi connectivity index (χ3v) is 4.54. The molecule has 1 amide bonds. The Morgan fingerprint density at radius 3 is 2.56 bits per heavy atom.